The molecule has 0 spiro atoms. The Morgan fingerprint density at radius 1 is 1.19 bits per heavy atom. The minimum Gasteiger partial charge on any atom is -0.405 e. The summed E-state index contributed by atoms with van der Waals surface area (Å²) in [5.41, 5.74) is 0.823. The van der Waals surface area contributed by atoms with Gasteiger partial charge in [-0.15, -0.1) is 13.2 Å². The van der Waals surface area contributed by atoms with Crippen molar-refractivity contribution in [2.45, 2.75) is 26.1 Å². The van der Waals surface area contributed by atoms with Gasteiger partial charge in [-0.25, -0.2) is 9.97 Å². The summed E-state index contributed by atoms with van der Waals surface area (Å²) in [6, 6.07) is 7.31. The van der Waals surface area contributed by atoms with Crippen LogP contribution >= 0.6 is 11.6 Å². The average Bonchev–Trinajstić information content (AvgIpc) is 2.37. The monoisotopic (exact) mass is 316 g/mol. The Morgan fingerprint density at radius 2 is 1.90 bits per heavy atom. The summed E-state index contributed by atoms with van der Waals surface area (Å²) < 4.78 is 41.3. The summed E-state index contributed by atoms with van der Waals surface area (Å²) in [6.45, 7) is 1.97. The highest BCUT2D eigenvalue weighted by Gasteiger charge is 2.32. The number of rotatable bonds is 4. The minimum atomic E-state index is -4.78. The molecular formula is C14H12ClF3N2O. The maximum Gasteiger partial charge on any atom is 0.573 e. The molecule has 1 heterocycles. The number of benzene rings is 1. The third-order valence-electron chi connectivity index (χ3n) is 2.61. The number of ether oxygens (including phenoxy) is 1. The first-order chi connectivity index (χ1) is 9.89. The maximum absolute atomic E-state index is 12.4. The highest BCUT2D eigenvalue weighted by molar-refractivity contribution is 6.29. The fraction of sp³-hybridized carbons (Fsp3) is 0.286. The van der Waals surface area contributed by atoms with E-state index in [2.05, 4.69) is 14.7 Å². The lowest BCUT2D eigenvalue weighted by atomic mass is 10.1. The minimum absolute atomic E-state index is 0.116. The van der Waals surface area contributed by atoms with E-state index in [1.807, 2.05) is 6.92 Å². The molecule has 0 atom stereocenters. The van der Waals surface area contributed by atoms with Gasteiger partial charge in [0, 0.05) is 5.69 Å². The Hall–Kier alpha value is -1.82. The Kier molecular flexibility index (Phi) is 4.67. The third kappa shape index (κ3) is 4.32. The smallest absolute Gasteiger partial charge is 0.405 e. The van der Waals surface area contributed by atoms with Crippen molar-refractivity contribution in [1.29, 1.82) is 0 Å². The zero-order chi connectivity index (χ0) is 15.5. The Labute approximate surface area is 124 Å². The van der Waals surface area contributed by atoms with Crippen LogP contribution in [0.1, 0.15) is 19.0 Å². The number of alkyl halides is 3. The summed E-state index contributed by atoms with van der Waals surface area (Å²) in [6.07, 6.45) is -3.27. The van der Waals surface area contributed by atoms with Crippen LogP contribution in [0.3, 0.4) is 0 Å². The van der Waals surface area contributed by atoms with Gasteiger partial charge >= 0.3 is 6.36 Å². The highest BCUT2D eigenvalue weighted by atomic mass is 35.5. The van der Waals surface area contributed by atoms with E-state index in [0.717, 1.165) is 6.42 Å². The fourth-order valence-corrected chi connectivity index (χ4v) is 2.04. The quantitative estimate of drug-likeness (QED) is 0.770. The molecule has 0 radical (unpaired) electrons. The Bertz CT molecular complexity index is 632. The number of para-hydroxylation sites is 1. The molecule has 0 saturated heterocycles. The molecule has 0 aliphatic heterocycles. The molecule has 21 heavy (non-hydrogen) atoms. The van der Waals surface area contributed by atoms with Crippen LogP contribution in [-0.2, 0) is 6.42 Å². The topological polar surface area (TPSA) is 35.0 Å². The van der Waals surface area contributed by atoms with E-state index in [1.54, 1.807) is 12.1 Å². The average molecular weight is 317 g/mol. The molecule has 0 aliphatic carbocycles. The van der Waals surface area contributed by atoms with Crippen LogP contribution in [-0.4, -0.2) is 16.3 Å². The van der Waals surface area contributed by atoms with Gasteiger partial charge in [0.05, 0.1) is 5.56 Å². The fourth-order valence-electron chi connectivity index (χ4n) is 1.83. The van der Waals surface area contributed by atoms with Crippen molar-refractivity contribution < 1.29 is 17.9 Å². The predicted octanol–water partition coefficient (Wildman–Crippen LogP) is 4.65. The van der Waals surface area contributed by atoms with Crippen molar-refractivity contribution in [1.82, 2.24) is 9.97 Å². The molecule has 3 nitrogen and oxygen atoms in total. The largest absolute Gasteiger partial charge is 0.573 e. The van der Waals surface area contributed by atoms with Crippen LogP contribution in [0.5, 0.6) is 5.75 Å². The second-order valence-electron chi connectivity index (χ2n) is 4.30. The van der Waals surface area contributed by atoms with Gasteiger partial charge in [0.1, 0.15) is 10.9 Å². The van der Waals surface area contributed by atoms with Crippen LogP contribution in [0.2, 0.25) is 5.15 Å². The third-order valence-corrected chi connectivity index (χ3v) is 2.80. The summed E-state index contributed by atoms with van der Waals surface area (Å²) in [7, 11) is 0. The summed E-state index contributed by atoms with van der Waals surface area (Å²) >= 11 is 5.91. The van der Waals surface area contributed by atoms with Gasteiger partial charge in [0.25, 0.3) is 0 Å². The normalized spacial score (nSPS) is 11.5. The van der Waals surface area contributed by atoms with E-state index < -0.39 is 6.36 Å². The Balaban J connectivity index is 2.46. The number of halogens is 4. The van der Waals surface area contributed by atoms with Gasteiger partial charge in [-0.2, -0.15) is 0 Å². The molecule has 0 N–H and O–H groups in total. The first kappa shape index (κ1) is 15.6. The lowest BCUT2D eigenvalue weighted by Gasteiger charge is -2.13. The van der Waals surface area contributed by atoms with Crippen molar-refractivity contribution in [2.24, 2.45) is 0 Å². The second kappa shape index (κ2) is 6.30. The molecule has 0 unspecified atom stereocenters. The van der Waals surface area contributed by atoms with Gasteiger partial charge in [0.15, 0.2) is 5.82 Å². The maximum atomic E-state index is 12.4. The van der Waals surface area contributed by atoms with Gasteiger partial charge in [-0.1, -0.05) is 37.1 Å². The van der Waals surface area contributed by atoms with Crippen LogP contribution in [0, 0.1) is 0 Å². The number of aromatic nitrogens is 2. The first-order valence-corrected chi connectivity index (χ1v) is 6.65. The highest BCUT2D eigenvalue weighted by Crippen LogP contribution is 2.32. The predicted molar refractivity (Wildman–Crippen MR) is 73.2 cm³/mol. The lowest BCUT2D eigenvalue weighted by Crippen LogP contribution is -2.17. The zero-order valence-corrected chi connectivity index (χ0v) is 11.9. The molecule has 112 valence electrons. The molecule has 0 aliphatic rings. The van der Waals surface area contributed by atoms with Gasteiger partial charge < -0.3 is 4.74 Å². The number of nitrogens with zero attached hydrogens (tertiary/aromatic N) is 2. The standard InChI is InChI=1S/C14H12ClF3N2O/c1-2-5-9-8-12(15)20-13(19-9)10-6-3-4-7-11(10)21-14(16,17)18/h3-4,6-8H,2,5H2,1H3. The molecule has 2 aromatic rings. The molecular weight excluding hydrogens is 305 g/mol. The van der Waals surface area contributed by atoms with Crippen LogP contribution in [0.15, 0.2) is 30.3 Å². The molecule has 0 bridgehead atoms. The van der Waals surface area contributed by atoms with Crippen LogP contribution in [0.25, 0.3) is 11.4 Å². The van der Waals surface area contributed by atoms with Crippen molar-refractivity contribution >= 4 is 11.6 Å². The molecule has 1 aromatic carbocycles. The second-order valence-corrected chi connectivity index (χ2v) is 4.69. The number of hydrogen-bond acceptors (Lipinski definition) is 3. The van der Waals surface area contributed by atoms with Crippen molar-refractivity contribution in [2.75, 3.05) is 0 Å². The molecule has 7 heteroatoms. The van der Waals surface area contributed by atoms with E-state index in [9.17, 15) is 13.2 Å². The summed E-state index contributed by atoms with van der Waals surface area (Å²) in [5.74, 6) is -0.236. The molecule has 0 amide bonds. The zero-order valence-electron chi connectivity index (χ0n) is 11.1. The molecule has 0 saturated carbocycles. The van der Waals surface area contributed by atoms with Crippen LogP contribution in [0.4, 0.5) is 13.2 Å². The van der Waals surface area contributed by atoms with E-state index >= 15 is 0 Å². The van der Waals surface area contributed by atoms with Crippen molar-refractivity contribution in [3.63, 3.8) is 0 Å². The van der Waals surface area contributed by atoms with E-state index in [0.29, 0.717) is 12.1 Å². The van der Waals surface area contributed by atoms with Crippen molar-refractivity contribution in [3.05, 3.63) is 41.2 Å². The number of hydrogen-bond donors (Lipinski definition) is 0. The first-order valence-electron chi connectivity index (χ1n) is 6.27. The van der Waals surface area contributed by atoms with Crippen LogP contribution < -0.4 is 4.74 Å². The van der Waals surface area contributed by atoms with E-state index in [4.69, 9.17) is 11.6 Å². The van der Waals surface area contributed by atoms with Gasteiger partial charge in [0.2, 0.25) is 0 Å². The lowest BCUT2D eigenvalue weighted by molar-refractivity contribution is -0.274. The van der Waals surface area contributed by atoms with Crippen molar-refractivity contribution in [3.8, 4) is 17.1 Å². The Morgan fingerprint density at radius 3 is 2.57 bits per heavy atom. The van der Waals surface area contributed by atoms with Gasteiger partial charge in [-0.3, -0.25) is 0 Å². The molecule has 0 fully saturated rings. The SMILES string of the molecule is CCCc1cc(Cl)nc(-c2ccccc2OC(F)(F)F)n1. The van der Waals surface area contributed by atoms with E-state index in [-0.39, 0.29) is 22.3 Å². The van der Waals surface area contributed by atoms with Gasteiger partial charge in [-0.05, 0) is 24.6 Å². The summed E-state index contributed by atoms with van der Waals surface area (Å²) in [5, 5.41) is 0.185. The molecule has 2 rings (SSSR count). The summed E-state index contributed by atoms with van der Waals surface area (Å²) in [4.78, 5) is 8.23. The number of aryl methyl sites for hydroxylation is 1. The van der Waals surface area contributed by atoms with E-state index in [1.165, 1.54) is 18.2 Å². The molecule has 1 aromatic heterocycles.